The van der Waals surface area contributed by atoms with Crippen LogP contribution in [-0.2, 0) is 18.3 Å². The van der Waals surface area contributed by atoms with E-state index in [2.05, 4.69) is 30.7 Å². The Morgan fingerprint density at radius 3 is 2.95 bits per heavy atom. The summed E-state index contributed by atoms with van der Waals surface area (Å²) in [6, 6.07) is 5.39. The first-order valence-corrected chi connectivity index (χ1v) is 6.66. The molecule has 1 aromatic carbocycles. The van der Waals surface area contributed by atoms with E-state index >= 15 is 0 Å². The van der Waals surface area contributed by atoms with Gasteiger partial charge in [-0.05, 0) is 29.8 Å². The van der Waals surface area contributed by atoms with Gasteiger partial charge in [0, 0.05) is 25.6 Å². The Labute approximate surface area is 124 Å². The van der Waals surface area contributed by atoms with E-state index in [9.17, 15) is 4.79 Å². The molecule has 0 saturated heterocycles. The number of aryl methyl sites for hydroxylation is 2. The van der Waals surface area contributed by atoms with E-state index in [0.29, 0.717) is 17.9 Å². The summed E-state index contributed by atoms with van der Waals surface area (Å²) in [6.45, 7) is 0. The molecule has 9 heteroatoms. The lowest BCUT2D eigenvalue weighted by Gasteiger charge is -2.03. The number of anilines is 1. The number of hydrogen-bond donors (Lipinski definition) is 2. The Kier molecular flexibility index (Phi) is 3.53. The van der Waals surface area contributed by atoms with Crippen molar-refractivity contribution in [3.05, 3.63) is 29.3 Å². The first-order valence-electron chi connectivity index (χ1n) is 6.28. The fourth-order valence-electron chi connectivity index (χ4n) is 1.94. The minimum Gasteiger partial charge on any atom is -0.326 e. The Morgan fingerprint density at radius 1 is 1.38 bits per heavy atom. The summed E-state index contributed by atoms with van der Waals surface area (Å²) in [6.07, 6.45) is 0.725. The van der Waals surface area contributed by atoms with Crippen molar-refractivity contribution < 1.29 is 4.79 Å². The van der Waals surface area contributed by atoms with Crippen LogP contribution >= 0.6 is 11.6 Å². The van der Waals surface area contributed by atoms with Gasteiger partial charge < -0.3 is 5.32 Å². The molecule has 0 atom stereocenters. The van der Waals surface area contributed by atoms with Crippen molar-refractivity contribution in [3.63, 3.8) is 0 Å². The molecule has 8 nitrogen and oxygen atoms in total. The van der Waals surface area contributed by atoms with E-state index < -0.39 is 0 Å². The fourth-order valence-corrected chi connectivity index (χ4v) is 2.08. The standard InChI is InChI=1S/C12H12ClN7O/c1-20-18-8-3-2-7(6-9(8)19-20)14-11(21)5-4-10-15-12(13)17-16-10/h2-3,6H,4-5H2,1H3,(H,14,21)(H,15,16,17). The van der Waals surface area contributed by atoms with Crippen LogP contribution in [0.2, 0.25) is 5.28 Å². The first-order chi connectivity index (χ1) is 10.1. The van der Waals surface area contributed by atoms with Crippen LogP contribution < -0.4 is 5.32 Å². The molecule has 2 heterocycles. The third kappa shape index (κ3) is 3.16. The Morgan fingerprint density at radius 2 is 2.19 bits per heavy atom. The SMILES string of the molecule is Cn1nc2ccc(NC(=O)CCc3nc(Cl)n[nH]3)cc2n1. The van der Waals surface area contributed by atoms with Crippen LogP contribution in [0.5, 0.6) is 0 Å². The second-order valence-electron chi connectivity index (χ2n) is 4.49. The lowest BCUT2D eigenvalue weighted by molar-refractivity contribution is -0.116. The quantitative estimate of drug-likeness (QED) is 0.756. The average molecular weight is 306 g/mol. The molecule has 2 aromatic heterocycles. The van der Waals surface area contributed by atoms with Gasteiger partial charge in [0.1, 0.15) is 16.9 Å². The number of carbonyl (C=O) groups excluding carboxylic acids is 1. The van der Waals surface area contributed by atoms with E-state index in [4.69, 9.17) is 11.6 Å². The van der Waals surface area contributed by atoms with Crippen LogP contribution in [0.3, 0.4) is 0 Å². The Balaban J connectivity index is 1.62. The number of benzene rings is 1. The van der Waals surface area contributed by atoms with E-state index in [-0.39, 0.29) is 17.6 Å². The molecule has 2 N–H and O–H groups in total. The van der Waals surface area contributed by atoms with Crippen molar-refractivity contribution in [1.29, 1.82) is 0 Å². The number of hydrogen-bond acceptors (Lipinski definition) is 5. The number of amides is 1. The van der Waals surface area contributed by atoms with E-state index in [1.165, 1.54) is 4.80 Å². The smallest absolute Gasteiger partial charge is 0.242 e. The number of carbonyl (C=O) groups is 1. The van der Waals surface area contributed by atoms with Crippen molar-refractivity contribution in [1.82, 2.24) is 30.2 Å². The lowest BCUT2D eigenvalue weighted by Crippen LogP contribution is -2.12. The number of rotatable bonds is 4. The van der Waals surface area contributed by atoms with Gasteiger partial charge >= 0.3 is 0 Å². The molecule has 0 saturated carbocycles. The highest BCUT2D eigenvalue weighted by Crippen LogP contribution is 2.15. The third-order valence-corrected chi connectivity index (χ3v) is 3.03. The largest absolute Gasteiger partial charge is 0.326 e. The number of aromatic amines is 1. The maximum atomic E-state index is 11.9. The van der Waals surface area contributed by atoms with Crippen LogP contribution in [0.25, 0.3) is 11.0 Å². The van der Waals surface area contributed by atoms with E-state index in [1.807, 2.05) is 6.07 Å². The minimum absolute atomic E-state index is 0.120. The van der Waals surface area contributed by atoms with Crippen molar-refractivity contribution >= 4 is 34.2 Å². The second-order valence-corrected chi connectivity index (χ2v) is 4.83. The first kappa shape index (κ1) is 13.5. The van der Waals surface area contributed by atoms with Crippen LogP contribution in [0.1, 0.15) is 12.2 Å². The predicted octanol–water partition coefficient (Wildman–Crippen LogP) is 1.31. The molecule has 0 unspecified atom stereocenters. The van der Waals surface area contributed by atoms with Crippen molar-refractivity contribution in [3.8, 4) is 0 Å². The highest BCUT2D eigenvalue weighted by molar-refractivity contribution is 6.28. The van der Waals surface area contributed by atoms with Crippen LogP contribution in [0, 0.1) is 0 Å². The Bertz CT molecular complexity index is 794. The molecule has 3 aromatic rings. The molecule has 0 aliphatic carbocycles. The number of aromatic nitrogens is 6. The van der Waals surface area contributed by atoms with E-state index in [1.54, 1.807) is 19.2 Å². The van der Waals surface area contributed by atoms with Gasteiger partial charge in [-0.15, -0.1) is 5.10 Å². The van der Waals surface area contributed by atoms with Gasteiger partial charge in [0.15, 0.2) is 0 Å². The topological polar surface area (TPSA) is 101 Å². The maximum absolute atomic E-state index is 11.9. The number of fused-ring (bicyclic) bond motifs is 1. The molecule has 0 spiro atoms. The normalized spacial score (nSPS) is 11.0. The van der Waals surface area contributed by atoms with Crippen molar-refractivity contribution in [2.45, 2.75) is 12.8 Å². The fraction of sp³-hybridized carbons (Fsp3) is 0.250. The maximum Gasteiger partial charge on any atom is 0.242 e. The van der Waals surface area contributed by atoms with Gasteiger partial charge in [0.25, 0.3) is 0 Å². The van der Waals surface area contributed by atoms with Gasteiger partial charge in [-0.2, -0.15) is 15.0 Å². The number of nitrogens with zero attached hydrogens (tertiary/aromatic N) is 5. The molecule has 3 rings (SSSR count). The summed E-state index contributed by atoms with van der Waals surface area (Å²) in [5.74, 6) is 0.463. The summed E-state index contributed by atoms with van der Waals surface area (Å²) < 4.78 is 0. The van der Waals surface area contributed by atoms with E-state index in [0.717, 1.165) is 11.0 Å². The third-order valence-electron chi connectivity index (χ3n) is 2.86. The summed E-state index contributed by atoms with van der Waals surface area (Å²) in [5.41, 5.74) is 2.20. The summed E-state index contributed by atoms with van der Waals surface area (Å²) in [4.78, 5) is 17.3. The van der Waals surface area contributed by atoms with Crippen LogP contribution in [-0.4, -0.2) is 36.1 Å². The molecule has 1 amide bonds. The van der Waals surface area contributed by atoms with Gasteiger partial charge in [-0.25, -0.2) is 4.98 Å². The molecular formula is C12H12ClN7O. The van der Waals surface area contributed by atoms with Gasteiger partial charge in [-0.3, -0.25) is 9.89 Å². The van der Waals surface area contributed by atoms with Gasteiger partial charge in [-0.1, -0.05) is 0 Å². The second kappa shape index (κ2) is 5.49. The van der Waals surface area contributed by atoms with Gasteiger partial charge in [0.2, 0.25) is 11.2 Å². The zero-order valence-corrected chi connectivity index (χ0v) is 11.9. The van der Waals surface area contributed by atoms with Gasteiger partial charge in [0.05, 0.1) is 0 Å². The monoisotopic (exact) mass is 305 g/mol. The molecule has 0 radical (unpaired) electrons. The van der Waals surface area contributed by atoms with Crippen LogP contribution in [0.4, 0.5) is 5.69 Å². The number of halogens is 1. The van der Waals surface area contributed by atoms with Crippen molar-refractivity contribution in [2.24, 2.45) is 7.05 Å². The highest BCUT2D eigenvalue weighted by atomic mass is 35.5. The molecular weight excluding hydrogens is 294 g/mol. The van der Waals surface area contributed by atoms with Crippen molar-refractivity contribution in [2.75, 3.05) is 5.32 Å². The Hall–Kier alpha value is -2.48. The summed E-state index contributed by atoms with van der Waals surface area (Å²) >= 11 is 5.59. The molecule has 21 heavy (non-hydrogen) atoms. The molecule has 0 bridgehead atoms. The highest BCUT2D eigenvalue weighted by Gasteiger charge is 2.08. The van der Waals surface area contributed by atoms with Crippen LogP contribution in [0.15, 0.2) is 18.2 Å². The molecule has 0 aliphatic rings. The minimum atomic E-state index is -0.120. The molecule has 0 fully saturated rings. The predicted molar refractivity (Wildman–Crippen MR) is 76.9 cm³/mol. The molecule has 0 aliphatic heterocycles. The lowest BCUT2D eigenvalue weighted by atomic mass is 10.2. The molecule has 108 valence electrons. The summed E-state index contributed by atoms with van der Waals surface area (Å²) in [7, 11) is 1.75. The zero-order valence-electron chi connectivity index (χ0n) is 11.2. The average Bonchev–Trinajstić information content (AvgIpc) is 3.01. The number of H-pyrrole nitrogens is 1. The zero-order chi connectivity index (χ0) is 14.8. The number of nitrogens with one attached hydrogen (secondary N) is 2. The summed E-state index contributed by atoms with van der Waals surface area (Å²) in [5, 5.41) is 17.7.